The number of nitrogens with one attached hydrogen (secondary N) is 2. The minimum Gasteiger partial charge on any atom is -0.448 e. The first-order valence-corrected chi connectivity index (χ1v) is 8.51. The molecule has 144 valence electrons. The van der Waals surface area contributed by atoms with Crippen molar-refractivity contribution in [2.75, 3.05) is 18.9 Å². The van der Waals surface area contributed by atoms with E-state index in [2.05, 4.69) is 9.97 Å². The summed E-state index contributed by atoms with van der Waals surface area (Å²) in [7, 11) is 0. The maximum Gasteiger partial charge on any atom is 0.276 e. The first-order valence-electron chi connectivity index (χ1n) is 8.51. The van der Waals surface area contributed by atoms with Gasteiger partial charge in [0.2, 0.25) is 5.89 Å². The van der Waals surface area contributed by atoms with Crippen LogP contribution in [-0.4, -0.2) is 58.5 Å². The van der Waals surface area contributed by atoms with Gasteiger partial charge >= 0.3 is 0 Å². The molecule has 2 atom stereocenters. The number of hydrogen-bond donors (Lipinski definition) is 3. The number of amides is 1. The van der Waals surface area contributed by atoms with Crippen molar-refractivity contribution >= 4 is 24.0 Å². The van der Waals surface area contributed by atoms with E-state index >= 15 is 0 Å². The molecule has 2 aromatic heterocycles. The lowest BCUT2D eigenvalue weighted by molar-refractivity contribution is -0.0389. The molecule has 9 nitrogen and oxygen atoms in total. The summed E-state index contributed by atoms with van der Waals surface area (Å²) in [5, 5.41) is 12.2. The zero-order chi connectivity index (χ0) is 19.8. The molecule has 0 saturated carbocycles. The van der Waals surface area contributed by atoms with Gasteiger partial charge in [0.15, 0.2) is 5.69 Å². The normalized spacial score (nSPS) is 19.0. The van der Waals surface area contributed by atoms with E-state index in [1.165, 1.54) is 6.26 Å². The number of pyridine rings is 1. The minimum absolute atomic E-state index is 0.0256. The molecule has 0 bridgehead atoms. The van der Waals surface area contributed by atoms with Crippen molar-refractivity contribution in [2.45, 2.75) is 32.4 Å². The Morgan fingerprint density at radius 3 is 2.74 bits per heavy atom. The standard InChI is InChI=1S/C16H20N4O3.C2H4N2/c1-10-8-22-11(2)7-20(10)16(21)14-9-23-15(19-14)5-13-4-3-12(17)6-18-13;3-1-2-4/h3-4,6,9-11H,5,7-8,17H2,1-2H3;1-4H/t10-,11-;/m0./s1. The molecule has 3 rings (SSSR count). The van der Waals surface area contributed by atoms with E-state index in [0.29, 0.717) is 36.8 Å². The van der Waals surface area contributed by atoms with Gasteiger partial charge in [-0.1, -0.05) is 0 Å². The average molecular weight is 372 g/mol. The maximum atomic E-state index is 12.6. The lowest BCUT2D eigenvalue weighted by atomic mass is 10.2. The minimum atomic E-state index is -0.132. The number of anilines is 1. The fourth-order valence-electron chi connectivity index (χ4n) is 2.52. The van der Waals surface area contributed by atoms with Gasteiger partial charge in [-0.15, -0.1) is 0 Å². The van der Waals surface area contributed by atoms with Gasteiger partial charge in [-0.05, 0) is 26.0 Å². The summed E-state index contributed by atoms with van der Waals surface area (Å²) in [5.41, 5.74) is 7.31. The number of nitrogens with zero attached hydrogens (tertiary/aromatic N) is 3. The van der Waals surface area contributed by atoms with E-state index in [9.17, 15) is 4.79 Å². The summed E-state index contributed by atoms with van der Waals surface area (Å²) >= 11 is 0. The van der Waals surface area contributed by atoms with Crippen molar-refractivity contribution in [3.05, 3.63) is 41.9 Å². The van der Waals surface area contributed by atoms with Crippen molar-refractivity contribution in [2.24, 2.45) is 0 Å². The highest BCUT2D eigenvalue weighted by atomic mass is 16.5. The second-order valence-electron chi connectivity index (χ2n) is 6.17. The number of nitrogen functional groups attached to an aromatic ring is 1. The largest absolute Gasteiger partial charge is 0.448 e. The van der Waals surface area contributed by atoms with Crippen LogP contribution in [0.4, 0.5) is 5.69 Å². The quantitative estimate of drug-likeness (QED) is 0.698. The Bertz CT molecular complexity index is 768. The van der Waals surface area contributed by atoms with Gasteiger partial charge in [0.25, 0.3) is 5.91 Å². The average Bonchev–Trinajstić information content (AvgIpc) is 3.13. The van der Waals surface area contributed by atoms with E-state index < -0.39 is 0 Å². The molecule has 1 saturated heterocycles. The van der Waals surface area contributed by atoms with Crippen LogP contribution >= 0.6 is 0 Å². The van der Waals surface area contributed by atoms with Crippen molar-refractivity contribution in [1.29, 1.82) is 10.8 Å². The van der Waals surface area contributed by atoms with E-state index in [1.807, 2.05) is 19.9 Å². The Hall–Kier alpha value is -3.07. The Balaban J connectivity index is 0.000000596. The predicted octanol–water partition coefficient (Wildman–Crippen LogP) is 1.78. The number of ether oxygens (including phenoxy) is 1. The number of oxazole rings is 1. The van der Waals surface area contributed by atoms with Crippen molar-refractivity contribution in [3.8, 4) is 0 Å². The molecule has 0 aromatic carbocycles. The third kappa shape index (κ3) is 5.71. The third-order valence-electron chi connectivity index (χ3n) is 3.90. The van der Waals surface area contributed by atoms with Crippen molar-refractivity contribution in [3.63, 3.8) is 0 Å². The molecule has 1 aliphatic heterocycles. The molecule has 1 fully saturated rings. The summed E-state index contributed by atoms with van der Waals surface area (Å²) in [6.07, 6.45) is 5.27. The van der Waals surface area contributed by atoms with Crippen LogP contribution in [0, 0.1) is 10.8 Å². The third-order valence-corrected chi connectivity index (χ3v) is 3.90. The molecule has 27 heavy (non-hydrogen) atoms. The highest BCUT2D eigenvalue weighted by Gasteiger charge is 2.29. The number of aromatic nitrogens is 2. The summed E-state index contributed by atoms with van der Waals surface area (Å²) in [6.45, 7) is 5.00. The first-order chi connectivity index (χ1) is 12.9. The van der Waals surface area contributed by atoms with Crippen LogP contribution in [0.3, 0.4) is 0 Å². The number of hydrogen-bond acceptors (Lipinski definition) is 8. The topological polar surface area (TPSA) is 142 Å². The first kappa shape index (κ1) is 20.2. The van der Waals surface area contributed by atoms with Gasteiger partial charge in [-0.25, -0.2) is 4.98 Å². The fraction of sp³-hybridized carbons (Fsp3) is 0.389. The van der Waals surface area contributed by atoms with E-state index in [0.717, 1.165) is 18.1 Å². The lowest BCUT2D eigenvalue weighted by Crippen LogP contribution is -2.50. The Kier molecular flexibility index (Phi) is 7.18. The van der Waals surface area contributed by atoms with Gasteiger partial charge < -0.3 is 30.6 Å². The molecule has 0 aliphatic carbocycles. The van der Waals surface area contributed by atoms with Crippen LogP contribution in [0.25, 0.3) is 0 Å². The SMILES string of the molecule is C[C@H]1CN(C(=O)c2coc(Cc3ccc(N)cn3)n2)[C@@H](C)CO1.N=CC=N. The van der Waals surface area contributed by atoms with Crippen LogP contribution in [0.1, 0.15) is 35.9 Å². The van der Waals surface area contributed by atoms with Gasteiger partial charge in [0.05, 0.1) is 37.1 Å². The molecule has 9 heteroatoms. The van der Waals surface area contributed by atoms with Gasteiger partial charge in [-0.3, -0.25) is 9.78 Å². The lowest BCUT2D eigenvalue weighted by Gasteiger charge is -2.36. The summed E-state index contributed by atoms with van der Waals surface area (Å²) in [5.74, 6) is 0.326. The molecule has 3 heterocycles. The fourth-order valence-corrected chi connectivity index (χ4v) is 2.52. The molecular weight excluding hydrogens is 348 g/mol. The Labute approximate surface area is 157 Å². The van der Waals surface area contributed by atoms with Crippen LogP contribution < -0.4 is 5.73 Å². The smallest absolute Gasteiger partial charge is 0.276 e. The molecule has 1 aliphatic rings. The van der Waals surface area contributed by atoms with Gasteiger partial charge in [-0.2, -0.15) is 0 Å². The molecule has 0 unspecified atom stereocenters. The molecule has 0 radical (unpaired) electrons. The van der Waals surface area contributed by atoms with Gasteiger partial charge in [0.1, 0.15) is 6.26 Å². The number of carbonyl (C=O) groups is 1. The summed E-state index contributed by atoms with van der Waals surface area (Å²) in [6, 6.07) is 3.61. The number of carbonyl (C=O) groups excluding carboxylic acids is 1. The highest BCUT2D eigenvalue weighted by Crippen LogP contribution is 2.16. The van der Waals surface area contributed by atoms with Crippen LogP contribution in [-0.2, 0) is 11.2 Å². The van der Waals surface area contributed by atoms with Crippen LogP contribution in [0.5, 0.6) is 0 Å². The number of rotatable bonds is 4. The van der Waals surface area contributed by atoms with Gasteiger partial charge in [0, 0.05) is 24.7 Å². The van der Waals surface area contributed by atoms with Crippen LogP contribution in [0.15, 0.2) is 29.0 Å². The van der Waals surface area contributed by atoms with Crippen molar-refractivity contribution < 1.29 is 13.9 Å². The predicted molar refractivity (Wildman–Crippen MR) is 101 cm³/mol. The van der Waals surface area contributed by atoms with E-state index in [-0.39, 0.29) is 18.1 Å². The summed E-state index contributed by atoms with van der Waals surface area (Å²) < 4.78 is 11.0. The van der Waals surface area contributed by atoms with E-state index in [4.69, 9.17) is 25.7 Å². The van der Waals surface area contributed by atoms with E-state index in [1.54, 1.807) is 17.2 Å². The Morgan fingerprint density at radius 1 is 1.37 bits per heavy atom. The van der Waals surface area contributed by atoms with Crippen LogP contribution in [0.2, 0.25) is 0 Å². The molecular formula is C18H24N6O3. The molecule has 4 N–H and O–H groups in total. The Morgan fingerprint density at radius 2 is 2.11 bits per heavy atom. The summed E-state index contributed by atoms with van der Waals surface area (Å²) in [4.78, 5) is 22.9. The number of nitrogens with two attached hydrogens (primary N) is 1. The monoisotopic (exact) mass is 372 g/mol. The molecule has 1 amide bonds. The zero-order valence-electron chi connectivity index (χ0n) is 15.4. The number of morpholine rings is 1. The highest BCUT2D eigenvalue weighted by molar-refractivity contribution is 6.12. The second-order valence-corrected chi connectivity index (χ2v) is 6.17. The molecule has 0 spiro atoms. The second kappa shape index (κ2) is 9.58. The zero-order valence-corrected chi connectivity index (χ0v) is 15.4. The molecule has 2 aromatic rings. The maximum absolute atomic E-state index is 12.6. The van der Waals surface area contributed by atoms with Crippen molar-refractivity contribution in [1.82, 2.24) is 14.9 Å².